The van der Waals surface area contributed by atoms with Gasteiger partial charge in [0.2, 0.25) is 0 Å². The Morgan fingerprint density at radius 1 is 1.21 bits per heavy atom. The predicted molar refractivity (Wildman–Crippen MR) is 126 cm³/mol. The first kappa shape index (κ1) is 24.3. The number of benzene rings is 1. The van der Waals surface area contributed by atoms with Crippen LogP contribution in [0.1, 0.15) is 25.3 Å². The van der Waals surface area contributed by atoms with Gasteiger partial charge in [0.15, 0.2) is 17.6 Å². The first-order chi connectivity index (χ1) is 16.3. The van der Waals surface area contributed by atoms with Crippen molar-refractivity contribution in [2.75, 3.05) is 44.8 Å². The zero-order valence-electron chi connectivity index (χ0n) is 19.8. The second-order valence-corrected chi connectivity index (χ2v) is 9.39. The summed E-state index contributed by atoms with van der Waals surface area (Å²) < 4.78 is 11.8. The fourth-order valence-electron chi connectivity index (χ4n) is 4.80. The largest absolute Gasteiger partial charge is 0.493 e. The molecule has 0 radical (unpaired) electrons. The van der Waals surface area contributed by atoms with Crippen LogP contribution in [0.3, 0.4) is 0 Å². The number of pyridine rings is 1. The van der Waals surface area contributed by atoms with Gasteiger partial charge in [0.05, 0.1) is 32.9 Å². The van der Waals surface area contributed by atoms with Gasteiger partial charge < -0.3 is 34.6 Å². The lowest BCUT2D eigenvalue weighted by Crippen LogP contribution is -2.54. The van der Waals surface area contributed by atoms with E-state index in [-0.39, 0.29) is 18.6 Å². The third-order valence-corrected chi connectivity index (χ3v) is 7.16. The van der Waals surface area contributed by atoms with Crippen LogP contribution in [0, 0.1) is 5.41 Å². The number of rotatable bonds is 8. The SMILES string of the molecule is COc1ccc(C2CN(C(=O)C(O)CO)CC2(C)C(C)O)cc1OC1CN(c2ccccn2)C1. The highest BCUT2D eigenvalue weighted by molar-refractivity contribution is 5.81. The molecular weight excluding hydrogens is 438 g/mol. The summed E-state index contributed by atoms with van der Waals surface area (Å²) in [5.41, 5.74) is 0.275. The Morgan fingerprint density at radius 2 is 1.97 bits per heavy atom. The lowest BCUT2D eigenvalue weighted by Gasteiger charge is -2.40. The average Bonchev–Trinajstić information content (AvgIpc) is 3.19. The Balaban J connectivity index is 1.53. The molecule has 1 aromatic heterocycles. The Kier molecular flexibility index (Phi) is 6.97. The van der Waals surface area contributed by atoms with E-state index in [2.05, 4.69) is 9.88 Å². The standard InChI is InChI=1S/C25H33N3O6/c1-16(30)25(2)15-28(24(32)20(31)14-29)13-19(25)17-7-8-21(33-3)22(10-17)34-18-11-27(12-18)23-6-4-5-9-26-23/h4-10,16,18-20,29-31H,11-15H2,1-3H3. The van der Waals surface area contributed by atoms with Gasteiger partial charge in [-0.25, -0.2) is 4.98 Å². The molecule has 4 rings (SSSR count). The zero-order valence-corrected chi connectivity index (χ0v) is 19.8. The Bertz CT molecular complexity index is 997. The summed E-state index contributed by atoms with van der Waals surface area (Å²) in [4.78, 5) is 20.6. The fourth-order valence-corrected chi connectivity index (χ4v) is 4.80. The van der Waals surface area contributed by atoms with E-state index in [0.29, 0.717) is 31.1 Å². The minimum Gasteiger partial charge on any atom is -0.493 e. The van der Waals surface area contributed by atoms with E-state index in [0.717, 1.165) is 11.4 Å². The smallest absolute Gasteiger partial charge is 0.253 e. The summed E-state index contributed by atoms with van der Waals surface area (Å²) in [5.74, 6) is 1.41. The molecular formula is C25H33N3O6. The van der Waals surface area contributed by atoms with Gasteiger partial charge in [-0.1, -0.05) is 19.1 Å². The summed E-state index contributed by atoms with van der Waals surface area (Å²) in [5, 5.41) is 29.7. The molecule has 184 valence electrons. The number of hydrogen-bond acceptors (Lipinski definition) is 8. The molecule has 4 unspecified atom stereocenters. The van der Waals surface area contributed by atoms with E-state index in [9.17, 15) is 20.1 Å². The van der Waals surface area contributed by atoms with Crippen molar-refractivity contribution in [1.29, 1.82) is 0 Å². The van der Waals surface area contributed by atoms with Gasteiger partial charge >= 0.3 is 0 Å². The number of aliphatic hydroxyl groups is 3. The average molecular weight is 472 g/mol. The molecule has 0 bridgehead atoms. The van der Waals surface area contributed by atoms with Crippen molar-refractivity contribution in [1.82, 2.24) is 9.88 Å². The molecule has 2 aliphatic rings. The molecule has 3 N–H and O–H groups in total. The lowest BCUT2D eigenvalue weighted by molar-refractivity contribution is -0.141. The highest BCUT2D eigenvalue weighted by Crippen LogP contribution is 2.47. The van der Waals surface area contributed by atoms with E-state index in [1.54, 1.807) is 20.2 Å². The Labute approximate surface area is 199 Å². The van der Waals surface area contributed by atoms with Gasteiger partial charge in [-0.3, -0.25) is 4.79 Å². The normalized spacial score (nSPS) is 24.5. The molecule has 3 heterocycles. The number of hydrogen-bond donors (Lipinski definition) is 3. The maximum absolute atomic E-state index is 12.6. The van der Waals surface area contributed by atoms with Crippen molar-refractivity contribution in [3.05, 3.63) is 48.2 Å². The van der Waals surface area contributed by atoms with Crippen molar-refractivity contribution in [3.8, 4) is 11.5 Å². The van der Waals surface area contributed by atoms with Crippen LogP contribution in [0.4, 0.5) is 5.82 Å². The van der Waals surface area contributed by atoms with Crippen LogP contribution in [-0.2, 0) is 4.79 Å². The number of carbonyl (C=O) groups excluding carboxylic acids is 1. The molecule has 2 saturated heterocycles. The van der Waals surface area contributed by atoms with Crippen molar-refractivity contribution >= 4 is 11.7 Å². The van der Waals surface area contributed by atoms with E-state index in [1.807, 2.05) is 43.3 Å². The number of amides is 1. The molecule has 34 heavy (non-hydrogen) atoms. The molecule has 0 aliphatic carbocycles. The van der Waals surface area contributed by atoms with Crippen LogP contribution in [0.5, 0.6) is 11.5 Å². The molecule has 9 nitrogen and oxygen atoms in total. The third kappa shape index (κ3) is 4.55. The van der Waals surface area contributed by atoms with Crippen LogP contribution in [0.15, 0.2) is 42.6 Å². The first-order valence-corrected chi connectivity index (χ1v) is 11.5. The second kappa shape index (κ2) is 9.77. The Hall–Kier alpha value is -2.88. The van der Waals surface area contributed by atoms with Crippen LogP contribution in [-0.4, -0.2) is 89.3 Å². The highest BCUT2D eigenvalue weighted by atomic mass is 16.5. The lowest BCUT2D eigenvalue weighted by atomic mass is 9.72. The number of likely N-dealkylation sites (tertiary alicyclic amines) is 1. The maximum Gasteiger partial charge on any atom is 0.253 e. The van der Waals surface area contributed by atoms with E-state index >= 15 is 0 Å². The van der Waals surface area contributed by atoms with Crippen LogP contribution in [0.2, 0.25) is 0 Å². The summed E-state index contributed by atoms with van der Waals surface area (Å²) in [6.07, 6.45) is -0.417. The monoisotopic (exact) mass is 471 g/mol. The van der Waals surface area contributed by atoms with Gasteiger partial charge in [-0.2, -0.15) is 0 Å². The number of anilines is 1. The number of aliphatic hydroxyl groups excluding tert-OH is 3. The number of carbonyl (C=O) groups is 1. The maximum atomic E-state index is 12.6. The van der Waals surface area contributed by atoms with E-state index in [4.69, 9.17) is 9.47 Å². The molecule has 2 aromatic rings. The van der Waals surface area contributed by atoms with Crippen LogP contribution in [0.25, 0.3) is 0 Å². The molecule has 1 aromatic carbocycles. The van der Waals surface area contributed by atoms with Gasteiger partial charge in [0, 0.05) is 30.6 Å². The molecule has 0 saturated carbocycles. The predicted octanol–water partition coefficient (Wildman–Crippen LogP) is 1.02. The number of ether oxygens (including phenoxy) is 2. The van der Waals surface area contributed by atoms with Gasteiger partial charge in [-0.15, -0.1) is 0 Å². The molecule has 2 fully saturated rings. The molecule has 2 aliphatic heterocycles. The van der Waals surface area contributed by atoms with Crippen molar-refractivity contribution in [2.24, 2.45) is 5.41 Å². The van der Waals surface area contributed by atoms with Gasteiger partial charge in [0.1, 0.15) is 11.9 Å². The van der Waals surface area contributed by atoms with Crippen molar-refractivity contribution < 1.29 is 29.6 Å². The molecule has 9 heteroatoms. The number of methoxy groups -OCH3 is 1. The van der Waals surface area contributed by atoms with Gasteiger partial charge in [-0.05, 0) is 36.8 Å². The highest BCUT2D eigenvalue weighted by Gasteiger charge is 2.49. The van der Waals surface area contributed by atoms with Crippen LogP contribution < -0.4 is 14.4 Å². The summed E-state index contributed by atoms with van der Waals surface area (Å²) in [6.45, 7) is 5.02. The molecule has 4 atom stereocenters. The third-order valence-electron chi connectivity index (χ3n) is 7.16. The number of aromatic nitrogens is 1. The quantitative estimate of drug-likeness (QED) is 0.523. The summed E-state index contributed by atoms with van der Waals surface area (Å²) in [7, 11) is 1.59. The minimum absolute atomic E-state index is 0.0179. The van der Waals surface area contributed by atoms with Gasteiger partial charge in [0.25, 0.3) is 5.91 Å². The van der Waals surface area contributed by atoms with Crippen LogP contribution >= 0.6 is 0 Å². The summed E-state index contributed by atoms with van der Waals surface area (Å²) >= 11 is 0. The van der Waals surface area contributed by atoms with Crippen molar-refractivity contribution in [2.45, 2.75) is 38.1 Å². The first-order valence-electron chi connectivity index (χ1n) is 11.5. The van der Waals surface area contributed by atoms with E-state index < -0.39 is 30.1 Å². The number of nitrogens with zero attached hydrogens (tertiary/aromatic N) is 3. The molecule has 1 amide bonds. The second-order valence-electron chi connectivity index (χ2n) is 9.39. The summed E-state index contributed by atoms with van der Waals surface area (Å²) in [6, 6.07) is 11.5. The zero-order chi connectivity index (χ0) is 24.5. The Morgan fingerprint density at radius 3 is 2.59 bits per heavy atom. The van der Waals surface area contributed by atoms with Crippen molar-refractivity contribution in [3.63, 3.8) is 0 Å². The van der Waals surface area contributed by atoms with E-state index in [1.165, 1.54) is 4.90 Å². The minimum atomic E-state index is -1.47. The fraction of sp³-hybridized carbons (Fsp3) is 0.520. The molecule has 0 spiro atoms. The topological polar surface area (TPSA) is 116 Å².